The van der Waals surface area contributed by atoms with Gasteiger partial charge in [0.25, 0.3) is 0 Å². The smallest absolute Gasteiger partial charge is 0.310 e. The number of carbonyl (C=O) groups is 1. The maximum absolute atomic E-state index is 12.0. The van der Waals surface area contributed by atoms with E-state index in [1.807, 2.05) is 12.3 Å². The van der Waals surface area contributed by atoms with Crippen molar-refractivity contribution in [2.75, 3.05) is 64.9 Å². The average Bonchev–Trinajstić information content (AvgIpc) is 3.13. The van der Waals surface area contributed by atoms with E-state index in [0.717, 1.165) is 56.6 Å². The summed E-state index contributed by atoms with van der Waals surface area (Å²) in [6, 6.07) is 4.08. The molecule has 8 nitrogen and oxygen atoms in total. The molecule has 0 aromatic carbocycles. The van der Waals surface area contributed by atoms with Gasteiger partial charge in [-0.1, -0.05) is 13.0 Å². The van der Waals surface area contributed by atoms with E-state index in [-0.39, 0.29) is 17.8 Å². The van der Waals surface area contributed by atoms with Crippen LogP contribution < -0.4 is 10.2 Å². The average molecular weight is 403 g/mol. The number of hydrogen-bond donors (Lipinski definition) is 1. The number of guanidine groups is 1. The minimum atomic E-state index is -0.138. The third-order valence-corrected chi connectivity index (χ3v) is 5.82. The van der Waals surface area contributed by atoms with E-state index in [9.17, 15) is 4.79 Å². The molecule has 2 saturated heterocycles. The van der Waals surface area contributed by atoms with Crippen LogP contribution >= 0.6 is 0 Å². The molecule has 0 saturated carbocycles. The highest BCUT2D eigenvalue weighted by molar-refractivity contribution is 5.82. The van der Waals surface area contributed by atoms with Gasteiger partial charge in [-0.05, 0) is 26.0 Å². The Morgan fingerprint density at radius 2 is 2.07 bits per heavy atom. The van der Waals surface area contributed by atoms with E-state index in [1.54, 1.807) is 0 Å². The number of likely N-dealkylation sites (N-methyl/N-ethyl adjacent to an activating group) is 1. The van der Waals surface area contributed by atoms with Crippen LogP contribution in [0.2, 0.25) is 0 Å². The normalized spacial score (nSPS) is 23.4. The first-order valence-electron chi connectivity index (χ1n) is 10.5. The van der Waals surface area contributed by atoms with E-state index in [2.05, 4.69) is 52.0 Å². The van der Waals surface area contributed by atoms with E-state index < -0.39 is 0 Å². The van der Waals surface area contributed by atoms with Crippen molar-refractivity contribution in [2.45, 2.75) is 20.4 Å². The van der Waals surface area contributed by atoms with Crippen LogP contribution in [0.1, 0.15) is 19.4 Å². The molecule has 0 bridgehead atoms. The second kappa shape index (κ2) is 9.91. The van der Waals surface area contributed by atoms with E-state index in [0.29, 0.717) is 13.1 Å². The number of anilines is 1. The number of hydrogen-bond acceptors (Lipinski definition) is 6. The summed E-state index contributed by atoms with van der Waals surface area (Å²) < 4.78 is 4.97. The molecule has 29 heavy (non-hydrogen) atoms. The summed E-state index contributed by atoms with van der Waals surface area (Å²) in [6.45, 7) is 11.0. The molecular weight excluding hydrogens is 368 g/mol. The van der Waals surface area contributed by atoms with Crippen molar-refractivity contribution < 1.29 is 9.53 Å². The van der Waals surface area contributed by atoms with Gasteiger partial charge in [0.1, 0.15) is 5.82 Å². The number of esters is 1. The lowest BCUT2D eigenvalue weighted by Gasteiger charge is -2.34. The fourth-order valence-corrected chi connectivity index (χ4v) is 4.04. The van der Waals surface area contributed by atoms with Crippen molar-refractivity contribution in [3.63, 3.8) is 0 Å². The zero-order valence-electron chi connectivity index (χ0n) is 18.1. The van der Waals surface area contributed by atoms with Gasteiger partial charge in [-0.3, -0.25) is 4.79 Å². The van der Waals surface area contributed by atoms with Gasteiger partial charge in [-0.25, -0.2) is 9.98 Å². The molecular formula is C21H34N6O2. The molecule has 1 aromatic heterocycles. The number of carbonyl (C=O) groups excluding carboxylic acids is 1. The quantitative estimate of drug-likeness (QED) is 0.448. The summed E-state index contributed by atoms with van der Waals surface area (Å²) >= 11 is 0. The monoisotopic (exact) mass is 402 g/mol. The molecule has 2 atom stereocenters. The number of nitrogens with one attached hydrogen (secondary N) is 1. The SMILES string of the molecule is CCNC(=NCc1cccnc1N1CCN(C)CC1)N1CC(C)C(C(=O)OC)C1. The van der Waals surface area contributed by atoms with Crippen LogP contribution in [0.15, 0.2) is 23.3 Å². The van der Waals surface area contributed by atoms with E-state index in [4.69, 9.17) is 9.73 Å². The van der Waals surface area contributed by atoms with Gasteiger partial charge >= 0.3 is 5.97 Å². The highest BCUT2D eigenvalue weighted by Crippen LogP contribution is 2.25. The summed E-state index contributed by atoms with van der Waals surface area (Å²) in [7, 11) is 3.61. The van der Waals surface area contributed by atoms with Crippen LogP contribution in [-0.4, -0.2) is 86.7 Å². The van der Waals surface area contributed by atoms with Crippen LogP contribution in [0.25, 0.3) is 0 Å². The van der Waals surface area contributed by atoms with Crippen LogP contribution in [-0.2, 0) is 16.1 Å². The summed E-state index contributed by atoms with van der Waals surface area (Å²) in [5, 5.41) is 3.38. The molecule has 8 heteroatoms. The predicted octanol–water partition coefficient (Wildman–Crippen LogP) is 1.04. The van der Waals surface area contributed by atoms with Gasteiger partial charge in [0, 0.05) is 57.6 Å². The number of aliphatic imine (C=N–C) groups is 1. The number of methoxy groups -OCH3 is 1. The Morgan fingerprint density at radius 3 is 2.76 bits per heavy atom. The Hall–Kier alpha value is -2.35. The Bertz CT molecular complexity index is 717. The lowest BCUT2D eigenvalue weighted by molar-refractivity contribution is -0.145. The zero-order chi connectivity index (χ0) is 20.8. The first kappa shape index (κ1) is 21.4. The topological polar surface area (TPSA) is 73.3 Å². The zero-order valence-corrected chi connectivity index (χ0v) is 18.1. The van der Waals surface area contributed by atoms with Gasteiger partial charge in [-0.2, -0.15) is 0 Å². The predicted molar refractivity (Wildman–Crippen MR) is 115 cm³/mol. The maximum atomic E-state index is 12.0. The molecule has 1 aromatic rings. The molecule has 2 aliphatic heterocycles. The number of likely N-dealkylation sites (tertiary alicyclic amines) is 1. The fourth-order valence-electron chi connectivity index (χ4n) is 4.04. The molecule has 2 aliphatic rings. The highest BCUT2D eigenvalue weighted by Gasteiger charge is 2.36. The molecule has 160 valence electrons. The van der Waals surface area contributed by atoms with Crippen LogP contribution in [0.4, 0.5) is 5.82 Å². The van der Waals surface area contributed by atoms with Crippen molar-refractivity contribution in [2.24, 2.45) is 16.8 Å². The Morgan fingerprint density at radius 1 is 1.31 bits per heavy atom. The minimum absolute atomic E-state index is 0.108. The summed E-state index contributed by atoms with van der Waals surface area (Å²) in [5.41, 5.74) is 1.13. The minimum Gasteiger partial charge on any atom is -0.469 e. The van der Waals surface area contributed by atoms with Crippen molar-refractivity contribution in [1.29, 1.82) is 0 Å². The van der Waals surface area contributed by atoms with Crippen molar-refractivity contribution in [3.8, 4) is 0 Å². The van der Waals surface area contributed by atoms with Gasteiger partial charge in [0.05, 0.1) is 19.6 Å². The molecule has 0 radical (unpaired) electrons. The second-order valence-electron chi connectivity index (χ2n) is 7.96. The van der Waals surface area contributed by atoms with Gasteiger partial charge in [0.2, 0.25) is 0 Å². The fraction of sp³-hybridized carbons (Fsp3) is 0.667. The third-order valence-electron chi connectivity index (χ3n) is 5.82. The van der Waals surface area contributed by atoms with Crippen molar-refractivity contribution >= 4 is 17.7 Å². The number of aromatic nitrogens is 1. The van der Waals surface area contributed by atoms with E-state index in [1.165, 1.54) is 7.11 Å². The molecule has 2 fully saturated rings. The van der Waals surface area contributed by atoms with Crippen LogP contribution in [0.5, 0.6) is 0 Å². The van der Waals surface area contributed by atoms with Crippen molar-refractivity contribution in [1.82, 2.24) is 20.1 Å². The Kier molecular flexibility index (Phi) is 7.30. The van der Waals surface area contributed by atoms with Crippen molar-refractivity contribution in [3.05, 3.63) is 23.9 Å². The summed E-state index contributed by atoms with van der Waals surface area (Å²) in [4.78, 5) is 28.4. The van der Waals surface area contributed by atoms with Gasteiger partial charge in [-0.15, -0.1) is 0 Å². The lowest BCUT2D eigenvalue weighted by atomic mass is 9.99. The second-order valence-corrected chi connectivity index (χ2v) is 7.96. The lowest BCUT2D eigenvalue weighted by Crippen LogP contribution is -2.45. The molecule has 0 amide bonds. The Balaban J connectivity index is 1.74. The number of nitrogens with zero attached hydrogens (tertiary/aromatic N) is 5. The van der Waals surface area contributed by atoms with Gasteiger partial charge in [0.15, 0.2) is 5.96 Å². The number of piperazine rings is 1. The number of pyridine rings is 1. The first-order chi connectivity index (χ1) is 14.0. The number of ether oxygens (including phenoxy) is 1. The largest absolute Gasteiger partial charge is 0.469 e. The van der Waals surface area contributed by atoms with Gasteiger partial charge < -0.3 is 24.8 Å². The first-order valence-corrected chi connectivity index (χ1v) is 10.5. The molecule has 0 spiro atoms. The molecule has 0 aliphatic carbocycles. The van der Waals surface area contributed by atoms with Crippen LogP contribution in [0.3, 0.4) is 0 Å². The van der Waals surface area contributed by atoms with Crippen LogP contribution in [0, 0.1) is 11.8 Å². The molecule has 2 unspecified atom stereocenters. The molecule has 3 rings (SSSR count). The molecule has 1 N–H and O–H groups in total. The standard InChI is InChI=1S/C21H34N6O2/c1-5-22-21(27-14-16(2)18(15-27)20(28)29-4)24-13-17-7-6-8-23-19(17)26-11-9-25(3)10-12-26/h6-8,16,18H,5,9-15H2,1-4H3,(H,22,24). The third kappa shape index (κ3) is 5.18. The molecule has 3 heterocycles. The maximum Gasteiger partial charge on any atom is 0.310 e. The highest BCUT2D eigenvalue weighted by atomic mass is 16.5. The summed E-state index contributed by atoms with van der Waals surface area (Å²) in [5.74, 6) is 1.87. The Labute approximate surface area is 173 Å². The van der Waals surface area contributed by atoms with E-state index >= 15 is 0 Å². The number of rotatable bonds is 5. The summed E-state index contributed by atoms with van der Waals surface area (Å²) in [6.07, 6.45) is 1.86.